The van der Waals surface area contributed by atoms with E-state index in [0.29, 0.717) is 0 Å². The lowest BCUT2D eigenvalue weighted by Crippen LogP contribution is -2.44. The van der Waals surface area contributed by atoms with Crippen molar-refractivity contribution < 1.29 is 38.7 Å². The summed E-state index contributed by atoms with van der Waals surface area (Å²) in [5.41, 5.74) is -2.25. The van der Waals surface area contributed by atoms with Gasteiger partial charge in [0.25, 0.3) is 0 Å². The molecular formula is C25H45BF2O6. The molecule has 9 heteroatoms. The van der Waals surface area contributed by atoms with E-state index < -0.39 is 40.3 Å². The molecule has 1 atom stereocenters. The summed E-state index contributed by atoms with van der Waals surface area (Å²) in [5, 5.41) is 33.7. The van der Waals surface area contributed by atoms with Crippen LogP contribution in [0.4, 0.5) is 8.78 Å². The van der Waals surface area contributed by atoms with Crippen LogP contribution in [0.15, 0.2) is 12.1 Å². The summed E-state index contributed by atoms with van der Waals surface area (Å²) in [6.45, 7) is 17.2. The molecule has 0 spiro atoms. The van der Waals surface area contributed by atoms with Gasteiger partial charge in [-0.3, -0.25) is 4.79 Å². The van der Waals surface area contributed by atoms with E-state index in [1.807, 2.05) is 13.8 Å². The number of rotatable bonds is 6. The number of esters is 1. The first-order valence-electron chi connectivity index (χ1n) is 11.1. The second-order valence-electron chi connectivity index (χ2n) is 10.1. The quantitative estimate of drug-likeness (QED) is 0.360. The van der Waals surface area contributed by atoms with Crippen molar-refractivity contribution in [3.63, 3.8) is 0 Å². The molecule has 6 nitrogen and oxygen atoms in total. The molecule has 1 rings (SSSR count). The van der Waals surface area contributed by atoms with Crippen LogP contribution < -0.4 is 5.46 Å². The van der Waals surface area contributed by atoms with Crippen LogP contribution in [-0.4, -0.2) is 64.8 Å². The van der Waals surface area contributed by atoms with Crippen LogP contribution in [0.3, 0.4) is 0 Å². The molecular weight excluding hydrogens is 445 g/mol. The van der Waals surface area contributed by atoms with E-state index in [1.165, 1.54) is 6.07 Å². The van der Waals surface area contributed by atoms with E-state index in [1.54, 1.807) is 55.4 Å². The van der Waals surface area contributed by atoms with E-state index in [4.69, 9.17) is 33.0 Å². The molecule has 0 saturated carbocycles. The molecule has 34 heavy (non-hydrogen) atoms. The molecule has 0 heterocycles. The SMILES string of the molecule is CC(C)(C)O.CC(C)(O)C(C)(C)O.CO.[B]c1cc(F)c(F)c([C@H](CC(=O)OCC)C(C)C)c1. The number of ether oxygens (including phenoxy) is 1. The number of carbonyl (C=O) groups is 1. The highest BCUT2D eigenvalue weighted by molar-refractivity contribution is 6.32. The number of halogens is 2. The summed E-state index contributed by atoms with van der Waals surface area (Å²) in [6, 6.07) is 2.31. The Hall–Kier alpha value is -1.55. The first-order chi connectivity index (χ1) is 15.1. The Morgan fingerprint density at radius 1 is 0.971 bits per heavy atom. The summed E-state index contributed by atoms with van der Waals surface area (Å²) in [5.74, 6) is -2.87. The number of hydrogen-bond donors (Lipinski definition) is 4. The smallest absolute Gasteiger partial charge is 0.306 e. The molecule has 0 unspecified atom stereocenters. The van der Waals surface area contributed by atoms with Crippen LogP contribution in [0.2, 0.25) is 0 Å². The zero-order valence-corrected chi connectivity index (χ0v) is 22.7. The second-order valence-corrected chi connectivity index (χ2v) is 10.1. The third-order valence-electron chi connectivity index (χ3n) is 4.47. The van der Waals surface area contributed by atoms with Gasteiger partial charge >= 0.3 is 5.97 Å². The van der Waals surface area contributed by atoms with Gasteiger partial charge in [0, 0.05) is 7.11 Å². The lowest BCUT2D eigenvalue weighted by Gasteiger charge is -2.31. The van der Waals surface area contributed by atoms with Crippen molar-refractivity contribution >= 4 is 19.3 Å². The largest absolute Gasteiger partial charge is 0.466 e. The van der Waals surface area contributed by atoms with Gasteiger partial charge in [-0.25, -0.2) is 8.78 Å². The first kappa shape index (κ1) is 37.0. The molecule has 0 fully saturated rings. The molecule has 0 saturated heterocycles. The van der Waals surface area contributed by atoms with Crippen LogP contribution in [0.25, 0.3) is 0 Å². The summed E-state index contributed by atoms with van der Waals surface area (Å²) >= 11 is 0. The fourth-order valence-electron chi connectivity index (χ4n) is 2.01. The lowest BCUT2D eigenvalue weighted by atomic mass is 9.82. The van der Waals surface area contributed by atoms with Gasteiger partial charge in [-0.05, 0) is 78.9 Å². The Kier molecular flexibility index (Phi) is 17.6. The fourth-order valence-corrected chi connectivity index (χ4v) is 2.01. The van der Waals surface area contributed by atoms with Gasteiger partial charge in [-0.1, -0.05) is 25.4 Å². The molecule has 2 radical (unpaired) electrons. The molecule has 4 N–H and O–H groups in total. The van der Waals surface area contributed by atoms with Crippen molar-refractivity contribution in [2.75, 3.05) is 13.7 Å². The Morgan fingerprint density at radius 3 is 1.65 bits per heavy atom. The van der Waals surface area contributed by atoms with Crippen LogP contribution in [0.1, 0.15) is 87.1 Å². The first-order valence-corrected chi connectivity index (χ1v) is 11.1. The highest BCUT2D eigenvalue weighted by Gasteiger charge is 2.32. The average molecular weight is 490 g/mol. The van der Waals surface area contributed by atoms with E-state index >= 15 is 0 Å². The minimum atomic E-state index is -1.01. The van der Waals surface area contributed by atoms with Gasteiger partial charge < -0.3 is 25.2 Å². The van der Waals surface area contributed by atoms with Crippen molar-refractivity contribution in [2.45, 2.75) is 98.4 Å². The van der Waals surface area contributed by atoms with Crippen molar-refractivity contribution in [3.8, 4) is 0 Å². The van der Waals surface area contributed by atoms with Gasteiger partial charge in [0.1, 0.15) is 7.85 Å². The van der Waals surface area contributed by atoms with Gasteiger partial charge in [-0.15, -0.1) is 0 Å². The minimum absolute atomic E-state index is 0.00528. The summed E-state index contributed by atoms with van der Waals surface area (Å²) in [7, 11) is 6.53. The topological polar surface area (TPSA) is 107 Å². The van der Waals surface area contributed by atoms with Crippen molar-refractivity contribution in [1.82, 2.24) is 0 Å². The fraction of sp³-hybridized carbons (Fsp3) is 0.720. The molecule has 0 amide bonds. The Labute approximate surface area is 205 Å². The number of aliphatic hydroxyl groups excluding tert-OH is 1. The molecule has 0 bridgehead atoms. The molecule has 1 aromatic rings. The standard InChI is InChI=1S/C14H17BF2O2.C6H14O2.C4H10O.CH4O/c1-4-19-13(18)7-10(8(2)3)11-5-9(15)6-12(16)14(11)17;1-5(2,7)6(3,4)8;1-4(2,3)5;1-2/h5-6,8,10H,4,7H2,1-3H3;7-8H,1-4H3;5H,1-3H3;2H,1H3/t10-;;;/m1.../s1. The van der Waals surface area contributed by atoms with Crippen LogP contribution in [-0.2, 0) is 9.53 Å². The average Bonchev–Trinajstić information content (AvgIpc) is 2.62. The third kappa shape index (κ3) is 17.9. The zero-order valence-electron chi connectivity index (χ0n) is 22.7. The maximum absolute atomic E-state index is 13.8. The monoisotopic (exact) mass is 490 g/mol. The van der Waals surface area contributed by atoms with Crippen LogP contribution in [0.5, 0.6) is 0 Å². The number of benzene rings is 1. The summed E-state index contributed by atoms with van der Waals surface area (Å²) in [6.07, 6.45) is 0.00528. The van der Waals surface area contributed by atoms with Gasteiger partial charge in [0.05, 0.1) is 29.8 Å². The highest BCUT2D eigenvalue weighted by Crippen LogP contribution is 2.30. The van der Waals surface area contributed by atoms with E-state index in [-0.39, 0.29) is 30.0 Å². The predicted octanol–water partition coefficient (Wildman–Crippen LogP) is 3.37. The molecule has 1 aromatic carbocycles. The molecule has 198 valence electrons. The molecule has 0 aliphatic heterocycles. The van der Waals surface area contributed by atoms with Gasteiger partial charge in [0.2, 0.25) is 0 Å². The Balaban J connectivity index is -0.000000529. The molecule has 0 aromatic heterocycles. The van der Waals surface area contributed by atoms with E-state index in [2.05, 4.69) is 0 Å². The number of carbonyl (C=O) groups excluding carboxylic acids is 1. The normalized spacial score (nSPS) is 12.3. The molecule has 0 aliphatic rings. The zero-order chi connectivity index (χ0) is 28.1. The van der Waals surface area contributed by atoms with Crippen molar-refractivity contribution in [1.29, 1.82) is 0 Å². The number of hydrogen-bond acceptors (Lipinski definition) is 6. The third-order valence-corrected chi connectivity index (χ3v) is 4.47. The van der Waals surface area contributed by atoms with Crippen LogP contribution >= 0.6 is 0 Å². The summed E-state index contributed by atoms with van der Waals surface area (Å²) in [4.78, 5) is 11.5. The Morgan fingerprint density at radius 2 is 1.35 bits per heavy atom. The maximum atomic E-state index is 13.8. The lowest BCUT2D eigenvalue weighted by molar-refractivity contribution is -0.143. The Bertz CT molecular complexity index is 687. The van der Waals surface area contributed by atoms with E-state index in [0.717, 1.165) is 13.2 Å². The van der Waals surface area contributed by atoms with Crippen molar-refractivity contribution in [3.05, 3.63) is 29.3 Å². The maximum Gasteiger partial charge on any atom is 0.306 e. The van der Waals surface area contributed by atoms with Gasteiger partial charge in [0.15, 0.2) is 11.6 Å². The summed E-state index contributed by atoms with van der Waals surface area (Å²) < 4.78 is 32.1. The van der Waals surface area contributed by atoms with E-state index in [9.17, 15) is 13.6 Å². The van der Waals surface area contributed by atoms with Crippen molar-refractivity contribution in [2.24, 2.45) is 5.92 Å². The second kappa shape index (κ2) is 16.2. The molecule has 0 aliphatic carbocycles. The van der Waals surface area contributed by atoms with Crippen LogP contribution in [0, 0.1) is 17.6 Å². The predicted molar refractivity (Wildman–Crippen MR) is 133 cm³/mol. The van der Waals surface area contributed by atoms with Gasteiger partial charge in [-0.2, -0.15) is 0 Å². The number of aliphatic hydroxyl groups is 4. The minimum Gasteiger partial charge on any atom is -0.466 e. The highest BCUT2D eigenvalue weighted by atomic mass is 19.2.